The molecule has 0 amide bonds. The molecule has 2 aromatic rings. The zero-order valence-corrected chi connectivity index (χ0v) is 6.77. The molecule has 2 nitrogen and oxygen atoms in total. The molecule has 1 aromatic heterocycles. The quantitative estimate of drug-likeness (QED) is 0.623. The minimum atomic E-state index is 0.734. The van der Waals surface area contributed by atoms with Gasteiger partial charge in [0.1, 0.15) is 0 Å². The molecule has 0 spiro atoms. The summed E-state index contributed by atoms with van der Waals surface area (Å²) in [5.74, 6) is 0. The third-order valence-electron chi connectivity index (χ3n) is 2.42. The van der Waals surface area contributed by atoms with Crippen molar-refractivity contribution in [2.75, 3.05) is 0 Å². The summed E-state index contributed by atoms with van der Waals surface area (Å²) in [4.78, 5) is 4.34. The van der Waals surface area contributed by atoms with Crippen LogP contribution in [0.15, 0.2) is 30.6 Å². The molecular formula is C10H10N2. The van der Waals surface area contributed by atoms with Crippen molar-refractivity contribution in [1.29, 1.82) is 0 Å². The summed E-state index contributed by atoms with van der Waals surface area (Å²) in [5.41, 5.74) is 2.39. The minimum Gasteiger partial charge on any atom is -0.327 e. The molecule has 0 atom stereocenters. The molecule has 1 fully saturated rings. The lowest BCUT2D eigenvalue weighted by molar-refractivity contribution is 0.766. The maximum absolute atomic E-state index is 4.34. The van der Waals surface area contributed by atoms with E-state index in [0.29, 0.717) is 0 Å². The highest BCUT2D eigenvalue weighted by molar-refractivity contribution is 5.75. The average molecular weight is 158 g/mol. The van der Waals surface area contributed by atoms with Crippen LogP contribution in [-0.2, 0) is 0 Å². The van der Waals surface area contributed by atoms with E-state index >= 15 is 0 Å². The van der Waals surface area contributed by atoms with Crippen molar-refractivity contribution in [2.24, 2.45) is 0 Å². The first kappa shape index (κ1) is 6.23. The van der Waals surface area contributed by atoms with Crippen LogP contribution in [0.4, 0.5) is 0 Å². The number of fused-ring (bicyclic) bond motifs is 1. The van der Waals surface area contributed by atoms with Gasteiger partial charge in [-0.3, -0.25) is 0 Å². The standard InChI is InChI=1S/C10H10N2/c1-2-4-10-9(3-1)11-7-12(10)8-5-6-8/h1-4,7-8H,5-6H2. The average Bonchev–Trinajstić information content (AvgIpc) is 2.86. The first-order chi connectivity index (χ1) is 5.95. The molecule has 60 valence electrons. The van der Waals surface area contributed by atoms with Crippen LogP contribution >= 0.6 is 0 Å². The second-order valence-electron chi connectivity index (χ2n) is 3.37. The van der Waals surface area contributed by atoms with E-state index < -0.39 is 0 Å². The highest BCUT2D eigenvalue weighted by Crippen LogP contribution is 2.36. The van der Waals surface area contributed by atoms with Gasteiger partial charge in [-0.25, -0.2) is 4.98 Å². The van der Waals surface area contributed by atoms with Gasteiger partial charge in [0.25, 0.3) is 0 Å². The van der Waals surface area contributed by atoms with Crippen molar-refractivity contribution in [3.63, 3.8) is 0 Å². The molecule has 1 aliphatic rings. The van der Waals surface area contributed by atoms with Crippen molar-refractivity contribution in [3.8, 4) is 0 Å². The largest absolute Gasteiger partial charge is 0.327 e. The fourth-order valence-corrected chi connectivity index (χ4v) is 1.62. The maximum Gasteiger partial charge on any atom is 0.0960 e. The number of benzene rings is 1. The third-order valence-corrected chi connectivity index (χ3v) is 2.42. The van der Waals surface area contributed by atoms with Crippen molar-refractivity contribution < 1.29 is 0 Å². The molecule has 1 heterocycles. The van der Waals surface area contributed by atoms with Crippen LogP contribution in [0.25, 0.3) is 11.0 Å². The van der Waals surface area contributed by atoms with E-state index in [1.165, 1.54) is 18.4 Å². The van der Waals surface area contributed by atoms with Gasteiger partial charge in [0.15, 0.2) is 0 Å². The molecule has 0 unspecified atom stereocenters. The van der Waals surface area contributed by atoms with Gasteiger partial charge >= 0.3 is 0 Å². The monoisotopic (exact) mass is 158 g/mol. The molecule has 12 heavy (non-hydrogen) atoms. The van der Waals surface area contributed by atoms with Crippen LogP contribution < -0.4 is 0 Å². The molecular weight excluding hydrogens is 148 g/mol. The van der Waals surface area contributed by atoms with Gasteiger partial charge < -0.3 is 4.57 Å². The molecule has 2 heteroatoms. The van der Waals surface area contributed by atoms with Crippen molar-refractivity contribution >= 4 is 11.0 Å². The molecule has 1 aromatic carbocycles. The summed E-state index contributed by atoms with van der Waals surface area (Å²) in [5, 5.41) is 0. The van der Waals surface area contributed by atoms with Gasteiger partial charge in [-0.2, -0.15) is 0 Å². The molecule has 0 aliphatic heterocycles. The summed E-state index contributed by atoms with van der Waals surface area (Å²) in [6.07, 6.45) is 4.60. The Morgan fingerprint density at radius 3 is 2.92 bits per heavy atom. The topological polar surface area (TPSA) is 17.8 Å². The number of hydrogen-bond donors (Lipinski definition) is 0. The van der Waals surface area contributed by atoms with E-state index in [2.05, 4.69) is 27.8 Å². The predicted octanol–water partition coefficient (Wildman–Crippen LogP) is 2.37. The first-order valence-corrected chi connectivity index (χ1v) is 4.37. The highest BCUT2D eigenvalue weighted by atomic mass is 15.1. The van der Waals surface area contributed by atoms with Crippen LogP contribution in [0, 0.1) is 0 Å². The Hall–Kier alpha value is -1.31. The van der Waals surface area contributed by atoms with Crippen molar-refractivity contribution in [1.82, 2.24) is 9.55 Å². The van der Waals surface area contributed by atoms with Gasteiger partial charge in [0.05, 0.1) is 17.4 Å². The Balaban J connectivity index is 2.30. The van der Waals surface area contributed by atoms with Crippen molar-refractivity contribution in [3.05, 3.63) is 30.6 Å². The molecule has 3 rings (SSSR count). The van der Waals surface area contributed by atoms with Gasteiger partial charge in [-0.1, -0.05) is 12.1 Å². The smallest absolute Gasteiger partial charge is 0.0960 e. The summed E-state index contributed by atoms with van der Waals surface area (Å²) in [6.45, 7) is 0. The normalized spacial score (nSPS) is 17.0. The van der Waals surface area contributed by atoms with Crippen molar-refractivity contribution in [2.45, 2.75) is 18.9 Å². The molecule has 0 saturated heterocycles. The molecule has 0 N–H and O–H groups in total. The zero-order chi connectivity index (χ0) is 7.97. The Morgan fingerprint density at radius 2 is 2.08 bits per heavy atom. The van der Waals surface area contributed by atoms with E-state index in [9.17, 15) is 0 Å². The van der Waals surface area contributed by atoms with E-state index in [4.69, 9.17) is 0 Å². The lowest BCUT2D eigenvalue weighted by Crippen LogP contribution is -1.89. The number of nitrogens with zero attached hydrogens (tertiary/aromatic N) is 2. The number of hydrogen-bond acceptors (Lipinski definition) is 1. The number of para-hydroxylation sites is 2. The number of aromatic nitrogens is 2. The van der Waals surface area contributed by atoms with Crippen LogP contribution in [0.3, 0.4) is 0 Å². The van der Waals surface area contributed by atoms with Gasteiger partial charge in [0, 0.05) is 6.04 Å². The van der Waals surface area contributed by atoms with Crippen LogP contribution in [0.2, 0.25) is 0 Å². The molecule has 1 saturated carbocycles. The third kappa shape index (κ3) is 0.779. The predicted molar refractivity (Wildman–Crippen MR) is 48.0 cm³/mol. The van der Waals surface area contributed by atoms with Gasteiger partial charge in [0.2, 0.25) is 0 Å². The highest BCUT2D eigenvalue weighted by Gasteiger charge is 2.24. The fraction of sp³-hybridized carbons (Fsp3) is 0.300. The molecule has 1 aliphatic carbocycles. The second-order valence-corrected chi connectivity index (χ2v) is 3.37. The maximum atomic E-state index is 4.34. The summed E-state index contributed by atoms with van der Waals surface area (Å²) in [6, 6.07) is 9.04. The van der Waals surface area contributed by atoms with Gasteiger partial charge in [-0.05, 0) is 25.0 Å². The fourth-order valence-electron chi connectivity index (χ4n) is 1.62. The van der Waals surface area contributed by atoms with E-state index in [1.54, 1.807) is 0 Å². The first-order valence-electron chi connectivity index (χ1n) is 4.37. The van der Waals surface area contributed by atoms with E-state index in [-0.39, 0.29) is 0 Å². The Morgan fingerprint density at radius 1 is 1.25 bits per heavy atom. The van der Waals surface area contributed by atoms with Crippen LogP contribution in [0.5, 0.6) is 0 Å². The Labute approximate surface area is 70.8 Å². The molecule has 0 radical (unpaired) electrons. The second kappa shape index (κ2) is 2.09. The molecule has 0 bridgehead atoms. The van der Waals surface area contributed by atoms with Crippen LogP contribution in [-0.4, -0.2) is 9.55 Å². The number of rotatable bonds is 1. The summed E-state index contributed by atoms with van der Waals surface area (Å²) >= 11 is 0. The van der Waals surface area contributed by atoms with E-state index in [1.807, 2.05) is 12.4 Å². The Kier molecular flexibility index (Phi) is 1.09. The minimum absolute atomic E-state index is 0.734. The summed E-state index contributed by atoms with van der Waals surface area (Å²) < 4.78 is 2.29. The SMILES string of the molecule is c1ccc2c(c1)ncn2C1CC1. The number of imidazole rings is 1. The lowest BCUT2D eigenvalue weighted by Gasteiger charge is -1.98. The van der Waals surface area contributed by atoms with E-state index in [0.717, 1.165) is 11.6 Å². The zero-order valence-electron chi connectivity index (χ0n) is 6.77. The lowest BCUT2D eigenvalue weighted by atomic mass is 10.3. The summed E-state index contributed by atoms with van der Waals surface area (Å²) in [7, 11) is 0. The van der Waals surface area contributed by atoms with Crippen LogP contribution in [0.1, 0.15) is 18.9 Å². The Bertz CT molecular complexity index is 412. The van der Waals surface area contributed by atoms with Gasteiger partial charge in [-0.15, -0.1) is 0 Å².